The van der Waals surface area contributed by atoms with Crippen molar-refractivity contribution in [2.75, 3.05) is 6.54 Å². The fraction of sp³-hybridized carbons (Fsp3) is 0.417. The molecule has 2 rings (SSSR count). The Hall–Kier alpha value is -1.51. The third kappa shape index (κ3) is 2.49. The number of guanidine groups is 1. The zero-order chi connectivity index (χ0) is 10.7. The Morgan fingerprint density at radius 2 is 2.07 bits per heavy atom. The van der Waals surface area contributed by atoms with Crippen LogP contribution in [0.3, 0.4) is 0 Å². The molecule has 0 spiro atoms. The third-order valence-corrected chi connectivity index (χ3v) is 2.62. The number of hydrogen-bond donors (Lipinski definition) is 1. The maximum absolute atomic E-state index is 5.98. The average Bonchev–Trinajstić information content (AvgIpc) is 3.04. The molecule has 1 aliphatic carbocycles. The van der Waals surface area contributed by atoms with E-state index in [4.69, 9.17) is 5.73 Å². The largest absolute Gasteiger partial charge is 0.369 e. The van der Waals surface area contributed by atoms with E-state index >= 15 is 0 Å². The maximum Gasteiger partial charge on any atom is 0.196 e. The van der Waals surface area contributed by atoms with Gasteiger partial charge in [-0.3, -0.25) is 0 Å². The van der Waals surface area contributed by atoms with E-state index in [0.717, 1.165) is 12.2 Å². The zero-order valence-corrected chi connectivity index (χ0v) is 9.06. The molecule has 1 fully saturated rings. The Morgan fingerprint density at radius 1 is 1.40 bits per heavy atom. The lowest BCUT2D eigenvalue weighted by Crippen LogP contribution is -2.38. The van der Waals surface area contributed by atoms with Gasteiger partial charge in [0.1, 0.15) is 0 Å². The summed E-state index contributed by atoms with van der Waals surface area (Å²) in [5.41, 5.74) is 6.90. The highest BCUT2D eigenvalue weighted by molar-refractivity contribution is 5.81. The Morgan fingerprint density at radius 3 is 2.60 bits per heavy atom. The number of hydrogen-bond acceptors (Lipinski definition) is 1. The van der Waals surface area contributed by atoms with Crippen LogP contribution >= 0.6 is 0 Å². The maximum atomic E-state index is 5.98. The van der Waals surface area contributed by atoms with E-state index in [2.05, 4.69) is 16.8 Å². The number of para-hydroxylation sites is 1. The lowest BCUT2D eigenvalue weighted by atomic mass is 10.3. The number of nitrogens with zero attached hydrogens (tertiary/aromatic N) is 2. The zero-order valence-electron chi connectivity index (χ0n) is 9.06. The second kappa shape index (κ2) is 4.34. The molecule has 0 radical (unpaired) electrons. The second-order valence-electron chi connectivity index (χ2n) is 3.82. The summed E-state index contributed by atoms with van der Waals surface area (Å²) in [6.45, 7) is 3.05. The molecule has 0 aromatic heterocycles. The molecule has 0 unspecified atom stereocenters. The van der Waals surface area contributed by atoms with Crippen molar-refractivity contribution in [3.63, 3.8) is 0 Å². The molecule has 3 nitrogen and oxygen atoms in total. The van der Waals surface area contributed by atoms with Crippen molar-refractivity contribution < 1.29 is 0 Å². The summed E-state index contributed by atoms with van der Waals surface area (Å²) < 4.78 is 0. The monoisotopic (exact) mass is 203 g/mol. The third-order valence-electron chi connectivity index (χ3n) is 2.62. The van der Waals surface area contributed by atoms with Gasteiger partial charge >= 0.3 is 0 Å². The number of benzene rings is 1. The molecule has 0 saturated heterocycles. The van der Waals surface area contributed by atoms with Gasteiger partial charge in [0.15, 0.2) is 5.96 Å². The van der Waals surface area contributed by atoms with Crippen LogP contribution in [0.1, 0.15) is 19.8 Å². The molecule has 1 aromatic carbocycles. The average molecular weight is 203 g/mol. The van der Waals surface area contributed by atoms with E-state index < -0.39 is 0 Å². The van der Waals surface area contributed by atoms with E-state index in [9.17, 15) is 0 Å². The minimum Gasteiger partial charge on any atom is -0.369 e. The molecule has 0 amide bonds. The van der Waals surface area contributed by atoms with Crippen molar-refractivity contribution in [1.29, 1.82) is 0 Å². The summed E-state index contributed by atoms with van der Waals surface area (Å²) in [6.07, 6.45) is 2.50. The molecule has 1 saturated carbocycles. The standard InChI is InChI=1S/C12H17N3/c1-2-15(11-8-9-11)12(13)14-10-6-4-3-5-7-10/h3-7,11H,2,8-9H2,1H3,(H2,13,14). The van der Waals surface area contributed by atoms with E-state index in [0.29, 0.717) is 12.0 Å². The molecule has 80 valence electrons. The van der Waals surface area contributed by atoms with Crippen LogP contribution < -0.4 is 5.73 Å². The Kier molecular flexibility index (Phi) is 2.90. The minimum absolute atomic E-state index is 0.627. The molecule has 2 N–H and O–H groups in total. The first-order chi connectivity index (χ1) is 7.31. The molecular weight excluding hydrogens is 186 g/mol. The van der Waals surface area contributed by atoms with Crippen molar-refractivity contribution in [3.05, 3.63) is 30.3 Å². The predicted molar refractivity (Wildman–Crippen MR) is 63.1 cm³/mol. The molecule has 15 heavy (non-hydrogen) atoms. The van der Waals surface area contributed by atoms with Gasteiger partial charge in [-0.15, -0.1) is 0 Å². The first-order valence-electron chi connectivity index (χ1n) is 5.47. The van der Waals surface area contributed by atoms with Gasteiger partial charge in [-0.2, -0.15) is 0 Å². The Balaban J connectivity index is 2.11. The van der Waals surface area contributed by atoms with Crippen molar-refractivity contribution in [2.24, 2.45) is 10.7 Å². The minimum atomic E-state index is 0.627. The number of nitrogens with two attached hydrogens (primary N) is 1. The van der Waals surface area contributed by atoms with Crippen LogP contribution in [0, 0.1) is 0 Å². The van der Waals surface area contributed by atoms with Gasteiger partial charge in [-0.1, -0.05) is 18.2 Å². The van der Waals surface area contributed by atoms with Gasteiger partial charge in [0.2, 0.25) is 0 Å². The van der Waals surface area contributed by atoms with Gasteiger partial charge in [0.25, 0.3) is 0 Å². The highest BCUT2D eigenvalue weighted by Gasteiger charge is 2.29. The van der Waals surface area contributed by atoms with Crippen molar-refractivity contribution in [3.8, 4) is 0 Å². The van der Waals surface area contributed by atoms with Gasteiger partial charge in [0, 0.05) is 12.6 Å². The Bertz CT molecular complexity index is 341. The molecule has 0 heterocycles. The number of aliphatic imine (C=N–C) groups is 1. The van der Waals surface area contributed by atoms with Crippen LogP contribution in [-0.4, -0.2) is 23.4 Å². The molecule has 3 heteroatoms. The first kappa shape index (κ1) is 10.0. The fourth-order valence-electron chi connectivity index (χ4n) is 1.69. The van der Waals surface area contributed by atoms with Crippen LogP contribution in [0.15, 0.2) is 35.3 Å². The van der Waals surface area contributed by atoms with Crippen LogP contribution in [0.4, 0.5) is 5.69 Å². The van der Waals surface area contributed by atoms with Crippen LogP contribution in [0.25, 0.3) is 0 Å². The van der Waals surface area contributed by atoms with E-state index in [1.165, 1.54) is 12.8 Å². The van der Waals surface area contributed by atoms with Gasteiger partial charge in [0.05, 0.1) is 5.69 Å². The van der Waals surface area contributed by atoms with Crippen molar-refractivity contribution >= 4 is 11.6 Å². The predicted octanol–water partition coefficient (Wildman–Crippen LogP) is 2.12. The quantitative estimate of drug-likeness (QED) is 0.604. The van der Waals surface area contributed by atoms with Gasteiger partial charge in [-0.25, -0.2) is 4.99 Å². The van der Waals surface area contributed by atoms with Crippen molar-refractivity contribution in [1.82, 2.24) is 4.90 Å². The molecule has 1 aromatic rings. The van der Waals surface area contributed by atoms with Crippen LogP contribution in [-0.2, 0) is 0 Å². The van der Waals surface area contributed by atoms with Gasteiger partial charge in [-0.05, 0) is 31.9 Å². The molecule has 0 atom stereocenters. The summed E-state index contributed by atoms with van der Waals surface area (Å²) in [5.74, 6) is 0.645. The fourth-order valence-corrected chi connectivity index (χ4v) is 1.69. The van der Waals surface area contributed by atoms with Crippen LogP contribution in [0.2, 0.25) is 0 Å². The molecular formula is C12H17N3. The SMILES string of the molecule is CCN(C(N)=Nc1ccccc1)C1CC1. The van der Waals surface area contributed by atoms with E-state index in [1.807, 2.05) is 30.3 Å². The van der Waals surface area contributed by atoms with Crippen molar-refractivity contribution in [2.45, 2.75) is 25.8 Å². The van der Waals surface area contributed by atoms with Gasteiger partial charge < -0.3 is 10.6 Å². The van der Waals surface area contributed by atoms with E-state index in [-0.39, 0.29) is 0 Å². The Labute approximate surface area is 90.6 Å². The molecule has 0 bridgehead atoms. The molecule has 0 aliphatic heterocycles. The summed E-state index contributed by atoms with van der Waals surface area (Å²) >= 11 is 0. The summed E-state index contributed by atoms with van der Waals surface area (Å²) in [7, 11) is 0. The van der Waals surface area contributed by atoms with E-state index in [1.54, 1.807) is 0 Å². The summed E-state index contributed by atoms with van der Waals surface area (Å²) in [6, 6.07) is 10.5. The smallest absolute Gasteiger partial charge is 0.196 e. The lowest BCUT2D eigenvalue weighted by Gasteiger charge is -2.20. The summed E-state index contributed by atoms with van der Waals surface area (Å²) in [4.78, 5) is 6.59. The highest BCUT2D eigenvalue weighted by atomic mass is 15.3. The number of rotatable bonds is 3. The molecule has 1 aliphatic rings. The summed E-state index contributed by atoms with van der Waals surface area (Å²) in [5, 5.41) is 0. The van der Waals surface area contributed by atoms with Crippen LogP contribution in [0.5, 0.6) is 0 Å². The second-order valence-corrected chi connectivity index (χ2v) is 3.82. The normalized spacial score (nSPS) is 16.5. The topological polar surface area (TPSA) is 41.6 Å². The highest BCUT2D eigenvalue weighted by Crippen LogP contribution is 2.26. The first-order valence-corrected chi connectivity index (χ1v) is 5.47. The lowest BCUT2D eigenvalue weighted by molar-refractivity contribution is 0.427.